The van der Waals surface area contributed by atoms with E-state index in [4.69, 9.17) is 14.2 Å². The van der Waals surface area contributed by atoms with Gasteiger partial charge in [0.1, 0.15) is 22.9 Å². The van der Waals surface area contributed by atoms with Crippen LogP contribution in [0.4, 0.5) is 5.69 Å². The van der Waals surface area contributed by atoms with Gasteiger partial charge in [-0.05, 0) is 30.4 Å². The maximum Gasteiger partial charge on any atom is 0.231 e. The Morgan fingerprint density at radius 3 is 1.85 bits per heavy atom. The van der Waals surface area contributed by atoms with Gasteiger partial charge >= 0.3 is 0 Å². The van der Waals surface area contributed by atoms with Gasteiger partial charge in [-0.2, -0.15) is 0 Å². The van der Waals surface area contributed by atoms with Crippen molar-refractivity contribution in [3.05, 3.63) is 47.5 Å². The normalized spacial score (nSPS) is 13.9. The molecule has 34 heavy (non-hydrogen) atoms. The Kier molecular flexibility index (Phi) is 9.67. The third kappa shape index (κ3) is 6.25. The first-order valence-corrected chi connectivity index (χ1v) is 12.7. The molecule has 0 radical (unpaired) electrons. The van der Waals surface area contributed by atoms with Gasteiger partial charge in [-0.15, -0.1) is 0 Å². The highest BCUT2D eigenvalue weighted by atomic mass is 16.5. The summed E-state index contributed by atoms with van der Waals surface area (Å²) in [4.78, 5) is 13.9. The zero-order valence-corrected chi connectivity index (χ0v) is 21.4. The first-order chi connectivity index (χ1) is 16.6. The number of fused-ring (bicyclic) bond motifs is 1. The van der Waals surface area contributed by atoms with Crippen LogP contribution in [0.15, 0.2) is 36.4 Å². The average Bonchev–Trinajstić information content (AvgIpc) is 3.25. The molecule has 5 heteroatoms. The third-order valence-corrected chi connectivity index (χ3v) is 7.12. The lowest BCUT2D eigenvalue weighted by Crippen LogP contribution is -2.37. The summed E-state index contributed by atoms with van der Waals surface area (Å²) < 4.78 is 16.5. The first kappa shape index (κ1) is 25.9. The van der Waals surface area contributed by atoms with Crippen molar-refractivity contribution in [2.45, 2.75) is 77.6 Å². The molecule has 2 aromatic rings. The van der Waals surface area contributed by atoms with Crippen molar-refractivity contribution >= 4 is 11.6 Å². The van der Waals surface area contributed by atoms with E-state index in [0.29, 0.717) is 22.9 Å². The predicted octanol–water partition coefficient (Wildman–Crippen LogP) is 6.97. The van der Waals surface area contributed by atoms with Crippen molar-refractivity contribution in [1.82, 2.24) is 0 Å². The van der Waals surface area contributed by atoms with Gasteiger partial charge in [-0.3, -0.25) is 4.79 Å². The van der Waals surface area contributed by atoms with Crippen LogP contribution < -0.4 is 19.5 Å². The fraction of sp³-hybridized carbons (Fsp3) is 0.552. The Labute approximate surface area is 205 Å². The van der Waals surface area contributed by atoms with Crippen molar-refractivity contribution < 1.29 is 19.0 Å². The lowest BCUT2D eigenvalue weighted by atomic mass is 9.78. The fourth-order valence-electron chi connectivity index (χ4n) is 5.12. The number of hydrogen-bond acceptors (Lipinski definition) is 4. The molecular formula is C29H41NO4. The Balaban J connectivity index is 1.74. The molecule has 0 saturated heterocycles. The molecule has 0 heterocycles. The van der Waals surface area contributed by atoms with Crippen LogP contribution in [0, 0.1) is 5.41 Å². The summed E-state index contributed by atoms with van der Waals surface area (Å²) in [6, 6.07) is 12.0. The van der Waals surface area contributed by atoms with E-state index in [1.807, 2.05) is 0 Å². The largest absolute Gasteiger partial charge is 0.496 e. The smallest absolute Gasteiger partial charge is 0.231 e. The molecule has 1 aliphatic carbocycles. The summed E-state index contributed by atoms with van der Waals surface area (Å²) in [6.07, 6.45) is 12.5. The van der Waals surface area contributed by atoms with Gasteiger partial charge in [0.25, 0.3) is 0 Å². The molecule has 5 nitrogen and oxygen atoms in total. The molecule has 2 aromatic carbocycles. The summed E-state index contributed by atoms with van der Waals surface area (Å²) in [5.74, 6) is 1.71. The van der Waals surface area contributed by atoms with Gasteiger partial charge in [0.2, 0.25) is 5.91 Å². The zero-order valence-electron chi connectivity index (χ0n) is 21.4. The molecule has 186 valence electrons. The molecule has 0 saturated carbocycles. The van der Waals surface area contributed by atoms with E-state index in [1.54, 1.807) is 33.5 Å². The second-order valence-corrected chi connectivity index (χ2v) is 9.49. The van der Waals surface area contributed by atoms with Crippen LogP contribution in [0.5, 0.6) is 17.2 Å². The highest BCUT2D eigenvalue weighted by Crippen LogP contribution is 2.45. The number of nitrogens with one attached hydrogen (secondary N) is 1. The minimum Gasteiger partial charge on any atom is -0.496 e. The van der Waals surface area contributed by atoms with Crippen LogP contribution in [0.2, 0.25) is 0 Å². The molecule has 0 aliphatic heterocycles. The molecular weight excluding hydrogens is 426 g/mol. The number of carbonyl (C=O) groups is 1. The lowest BCUT2D eigenvalue weighted by Gasteiger charge is -2.29. The molecule has 0 spiro atoms. The Morgan fingerprint density at radius 1 is 0.824 bits per heavy atom. The summed E-state index contributed by atoms with van der Waals surface area (Å²) in [5.41, 5.74) is 2.67. The van der Waals surface area contributed by atoms with Gasteiger partial charge in [0.15, 0.2) is 0 Å². The summed E-state index contributed by atoms with van der Waals surface area (Å²) in [6.45, 7) is 2.25. The van der Waals surface area contributed by atoms with Crippen LogP contribution >= 0.6 is 0 Å². The standard InChI is InChI=1S/C29H41NO4/c1-5-6-7-8-9-10-11-14-17-29(20-22-15-12-13-16-23(22)21-29)28(31)30-27-25(33-3)18-24(32-2)19-26(27)34-4/h12-13,15-16,18-19H,5-11,14,17,20-21H2,1-4H3,(H,30,31). The number of rotatable bonds is 14. The van der Waals surface area contributed by atoms with Gasteiger partial charge in [0, 0.05) is 12.1 Å². The molecule has 1 aliphatic rings. The molecule has 3 rings (SSSR count). The Morgan fingerprint density at radius 2 is 1.35 bits per heavy atom. The van der Waals surface area contributed by atoms with Crippen LogP contribution in [-0.4, -0.2) is 27.2 Å². The topological polar surface area (TPSA) is 56.8 Å². The molecule has 1 N–H and O–H groups in total. The molecule has 0 aromatic heterocycles. The van der Waals surface area contributed by atoms with E-state index in [2.05, 4.69) is 36.5 Å². The number of amides is 1. The van der Waals surface area contributed by atoms with Crippen LogP contribution in [0.1, 0.15) is 75.8 Å². The Hall–Kier alpha value is -2.69. The second-order valence-electron chi connectivity index (χ2n) is 9.49. The van der Waals surface area contributed by atoms with Crippen molar-refractivity contribution in [3.8, 4) is 17.2 Å². The van der Waals surface area contributed by atoms with Crippen LogP contribution in [0.25, 0.3) is 0 Å². The maximum atomic E-state index is 13.9. The maximum absolute atomic E-state index is 13.9. The SMILES string of the molecule is CCCCCCCCCCC1(C(=O)Nc2c(OC)cc(OC)cc2OC)Cc2ccccc2C1. The van der Waals surface area contributed by atoms with Gasteiger partial charge < -0.3 is 19.5 Å². The number of ether oxygens (including phenoxy) is 3. The average molecular weight is 468 g/mol. The summed E-state index contributed by atoms with van der Waals surface area (Å²) in [7, 11) is 4.78. The third-order valence-electron chi connectivity index (χ3n) is 7.12. The Bertz CT molecular complexity index is 889. The molecule has 0 unspecified atom stereocenters. The van der Waals surface area contributed by atoms with E-state index in [1.165, 1.54) is 56.1 Å². The van der Waals surface area contributed by atoms with Crippen molar-refractivity contribution in [2.75, 3.05) is 26.6 Å². The first-order valence-electron chi connectivity index (χ1n) is 12.7. The predicted molar refractivity (Wildman–Crippen MR) is 138 cm³/mol. The van der Waals surface area contributed by atoms with Crippen LogP contribution in [-0.2, 0) is 17.6 Å². The lowest BCUT2D eigenvalue weighted by molar-refractivity contribution is -0.125. The zero-order chi connectivity index (χ0) is 24.4. The van der Waals surface area contributed by atoms with E-state index in [-0.39, 0.29) is 5.91 Å². The van der Waals surface area contributed by atoms with Gasteiger partial charge in [0.05, 0.1) is 26.7 Å². The summed E-state index contributed by atoms with van der Waals surface area (Å²) >= 11 is 0. The van der Waals surface area contributed by atoms with Crippen molar-refractivity contribution in [1.29, 1.82) is 0 Å². The van der Waals surface area contributed by atoms with Crippen molar-refractivity contribution in [3.63, 3.8) is 0 Å². The minimum absolute atomic E-state index is 0.0356. The minimum atomic E-state index is -0.457. The fourth-order valence-corrected chi connectivity index (χ4v) is 5.12. The monoisotopic (exact) mass is 467 g/mol. The number of benzene rings is 2. The number of methoxy groups -OCH3 is 3. The second kappa shape index (κ2) is 12.7. The van der Waals surface area contributed by atoms with E-state index in [0.717, 1.165) is 25.7 Å². The number of hydrogen-bond donors (Lipinski definition) is 1. The molecule has 0 atom stereocenters. The van der Waals surface area contributed by atoms with Gasteiger partial charge in [-0.25, -0.2) is 0 Å². The number of carbonyl (C=O) groups excluding carboxylic acids is 1. The number of anilines is 1. The molecule has 0 bridgehead atoms. The molecule has 0 fully saturated rings. The number of unbranched alkanes of at least 4 members (excludes halogenated alkanes) is 7. The quantitative estimate of drug-likeness (QED) is 0.305. The van der Waals surface area contributed by atoms with Crippen molar-refractivity contribution in [2.24, 2.45) is 5.41 Å². The highest BCUT2D eigenvalue weighted by Gasteiger charge is 2.43. The highest BCUT2D eigenvalue weighted by molar-refractivity contribution is 5.99. The van der Waals surface area contributed by atoms with Crippen LogP contribution in [0.3, 0.4) is 0 Å². The van der Waals surface area contributed by atoms with E-state index < -0.39 is 5.41 Å². The van der Waals surface area contributed by atoms with Gasteiger partial charge in [-0.1, -0.05) is 82.6 Å². The van der Waals surface area contributed by atoms with E-state index in [9.17, 15) is 4.79 Å². The molecule has 1 amide bonds. The summed E-state index contributed by atoms with van der Waals surface area (Å²) in [5, 5.41) is 3.18. The van der Waals surface area contributed by atoms with E-state index >= 15 is 0 Å².